The number of rotatable bonds is 6. The number of hydrogen-bond donors (Lipinski definition) is 1. The summed E-state index contributed by atoms with van der Waals surface area (Å²) >= 11 is 0. The minimum absolute atomic E-state index is 0.157. The Morgan fingerprint density at radius 1 is 1.47 bits per heavy atom. The van der Waals surface area contributed by atoms with Crippen molar-refractivity contribution in [3.8, 4) is 0 Å². The molecule has 0 saturated heterocycles. The van der Waals surface area contributed by atoms with Gasteiger partial charge in [-0.25, -0.2) is 0 Å². The Labute approximate surface area is 89.5 Å². The molecule has 0 aromatic heterocycles. The molecule has 0 aliphatic heterocycles. The number of hydrogen-bond acceptors (Lipinski definition) is 3. The van der Waals surface area contributed by atoms with E-state index in [1.807, 2.05) is 6.07 Å². The number of nitro groups is 1. The first kappa shape index (κ1) is 11.7. The third-order valence-corrected chi connectivity index (χ3v) is 2.16. The van der Waals surface area contributed by atoms with Gasteiger partial charge in [-0.2, -0.15) is 0 Å². The van der Waals surface area contributed by atoms with Gasteiger partial charge in [0.15, 0.2) is 0 Å². The van der Waals surface area contributed by atoms with E-state index in [4.69, 9.17) is 0 Å². The molecule has 0 amide bonds. The van der Waals surface area contributed by atoms with Gasteiger partial charge in [-0.1, -0.05) is 25.5 Å². The molecule has 1 rings (SSSR count). The van der Waals surface area contributed by atoms with Crippen molar-refractivity contribution in [1.29, 1.82) is 0 Å². The largest absolute Gasteiger partial charge is 0.313 e. The number of benzene rings is 1. The maximum Gasteiger partial charge on any atom is 0.269 e. The minimum Gasteiger partial charge on any atom is -0.313 e. The van der Waals surface area contributed by atoms with Crippen molar-refractivity contribution in [1.82, 2.24) is 5.32 Å². The maximum atomic E-state index is 10.5. The van der Waals surface area contributed by atoms with Crippen LogP contribution in [0.1, 0.15) is 25.3 Å². The highest BCUT2D eigenvalue weighted by molar-refractivity contribution is 5.34. The summed E-state index contributed by atoms with van der Waals surface area (Å²) in [5.41, 5.74) is 1.12. The molecule has 82 valence electrons. The molecule has 0 unspecified atom stereocenters. The van der Waals surface area contributed by atoms with Gasteiger partial charge < -0.3 is 5.32 Å². The standard InChI is InChI=1S/C11H16N2O2/c1-2-3-7-12-9-10-5-4-6-11(8-10)13(14)15/h4-6,8,12H,2-3,7,9H2,1H3. The third-order valence-electron chi connectivity index (χ3n) is 2.16. The average molecular weight is 208 g/mol. The fourth-order valence-electron chi connectivity index (χ4n) is 1.31. The second-order valence-corrected chi connectivity index (χ2v) is 3.46. The highest BCUT2D eigenvalue weighted by Crippen LogP contribution is 2.12. The van der Waals surface area contributed by atoms with Crippen molar-refractivity contribution in [2.45, 2.75) is 26.3 Å². The zero-order valence-corrected chi connectivity index (χ0v) is 8.90. The van der Waals surface area contributed by atoms with Crippen LogP contribution in [0.5, 0.6) is 0 Å². The van der Waals surface area contributed by atoms with Gasteiger partial charge in [-0.15, -0.1) is 0 Å². The first-order chi connectivity index (χ1) is 7.24. The van der Waals surface area contributed by atoms with Crippen LogP contribution in [0.25, 0.3) is 0 Å². The lowest BCUT2D eigenvalue weighted by Gasteiger charge is -2.03. The van der Waals surface area contributed by atoms with Crippen molar-refractivity contribution in [2.75, 3.05) is 6.54 Å². The van der Waals surface area contributed by atoms with Gasteiger partial charge in [0.25, 0.3) is 5.69 Å². The van der Waals surface area contributed by atoms with Crippen LogP contribution < -0.4 is 5.32 Å². The Kier molecular flexibility index (Phi) is 4.77. The second kappa shape index (κ2) is 6.14. The molecule has 0 saturated carbocycles. The number of nitrogens with zero attached hydrogens (tertiary/aromatic N) is 1. The number of unbranched alkanes of at least 4 members (excludes halogenated alkanes) is 1. The lowest BCUT2D eigenvalue weighted by Crippen LogP contribution is -2.14. The van der Waals surface area contributed by atoms with Crippen LogP contribution in [-0.4, -0.2) is 11.5 Å². The molecular formula is C11H16N2O2. The molecule has 0 atom stereocenters. The molecule has 0 fully saturated rings. The number of nitrogens with one attached hydrogen (secondary N) is 1. The van der Waals surface area contributed by atoms with Gasteiger partial charge in [0.1, 0.15) is 0 Å². The summed E-state index contributed by atoms with van der Waals surface area (Å²) in [6.07, 6.45) is 2.29. The lowest BCUT2D eigenvalue weighted by molar-refractivity contribution is -0.384. The van der Waals surface area contributed by atoms with Crippen molar-refractivity contribution in [2.24, 2.45) is 0 Å². The quantitative estimate of drug-likeness (QED) is 0.444. The minimum atomic E-state index is -0.366. The Morgan fingerprint density at radius 3 is 2.93 bits per heavy atom. The highest BCUT2D eigenvalue weighted by Gasteiger charge is 2.04. The third kappa shape index (κ3) is 4.08. The van der Waals surface area contributed by atoms with Gasteiger partial charge >= 0.3 is 0 Å². The molecule has 15 heavy (non-hydrogen) atoms. The van der Waals surface area contributed by atoms with Crippen LogP contribution >= 0.6 is 0 Å². The van der Waals surface area contributed by atoms with E-state index < -0.39 is 0 Å². The molecule has 0 radical (unpaired) electrons. The zero-order chi connectivity index (χ0) is 11.1. The van der Waals surface area contributed by atoms with Gasteiger partial charge in [0.2, 0.25) is 0 Å². The SMILES string of the molecule is CCCCNCc1cccc([N+](=O)[O-])c1. The summed E-state index contributed by atoms with van der Waals surface area (Å²) in [7, 11) is 0. The molecule has 0 spiro atoms. The van der Waals surface area contributed by atoms with Crippen molar-refractivity contribution < 1.29 is 4.92 Å². The summed E-state index contributed by atoms with van der Waals surface area (Å²) in [6.45, 7) is 3.79. The molecule has 0 aliphatic rings. The Bertz CT molecular complexity index is 326. The Balaban J connectivity index is 2.47. The molecule has 1 aromatic rings. The smallest absolute Gasteiger partial charge is 0.269 e. The van der Waals surface area contributed by atoms with E-state index in [0.717, 1.165) is 24.9 Å². The Hall–Kier alpha value is -1.42. The zero-order valence-electron chi connectivity index (χ0n) is 8.90. The number of non-ortho nitro benzene ring substituents is 1. The van der Waals surface area contributed by atoms with E-state index in [2.05, 4.69) is 12.2 Å². The average Bonchev–Trinajstić information content (AvgIpc) is 2.25. The molecule has 4 heteroatoms. The monoisotopic (exact) mass is 208 g/mol. The lowest BCUT2D eigenvalue weighted by atomic mass is 10.2. The van der Waals surface area contributed by atoms with Crippen molar-refractivity contribution in [3.05, 3.63) is 39.9 Å². The van der Waals surface area contributed by atoms with Gasteiger partial charge in [0, 0.05) is 18.7 Å². The molecular weight excluding hydrogens is 192 g/mol. The molecule has 0 bridgehead atoms. The maximum absolute atomic E-state index is 10.5. The summed E-state index contributed by atoms with van der Waals surface area (Å²) in [5, 5.41) is 13.8. The fraction of sp³-hybridized carbons (Fsp3) is 0.455. The first-order valence-electron chi connectivity index (χ1n) is 5.18. The van der Waals surface area contributed by atoms with Gasteiger partial charge in [-0.05, 0) is 18.5 Å². The van der Waals surface area contributed by atoms with E-state index >= 15 is 0 Å². The van der Waals surface area contributed by atoms with E-state index in [1.165, 1.54) is 6.07 Å². The summed E-state index contributed by atoms with van der Waals surface area (Å²) in [5.74, 6) is 0. The summed E-state index contributed by atoms with van der Waals surface area (Å²) < 4.78 is 0. The van der Waals surface area contributed by atoms with Crippen LogP contribution in [0, 0.1) is 10.1 Å². The van der Waals surface area contributed by atoms with Gasteiger partial charge in [-0.3, -0.25) is 10.1 Å². The number of nitro benzene ring substituents is 1. The van der Waals surface area contributed by atoms with Crippen LogP contribution in [0.4, 0.5) is 5.69 Å². The molecule has 0 aliphatic carbocycles. The van der Waals surface area contributed by atoms with Crippen molar-refractivity contribution in [3.63, 3.8) is 0 Å². The van der Waals surface area contributed by atoms with Crippen LogP contribution in [0.2, 0.25) is 0 Å². The highest BCUT2D eigenvalue weighted by atomic mass is 16.6. The topological polar surface area (TPSA) is 55.2 Å². The predicted molar refractivity (Wildman–Crippen MR) is 59.7 cm³/mol. The van der Waals surface area contributed by atoms with Gasteiger partial charge in [0.05, 0.1) is 4.92 Å². The van der Waals surface area contributed by atoms with Crippen LogP contribution in [0.15, 0.2) is 24.3 Å². The molecule has 1 aromatic carbocycles. The summed E-state index contributed by atoms with van der Waals surface area (Å²) in [6, 6.07) is 6.73. The van der Waals surface area contributed by atoms with E-state index in [9.17, 15) is 10.1 Å². The first-order valence-corrected chi connectivity index (χ1v) is 5.18. The fourth-order valence-corrected chi connectivity index (χ4v) is 1.31. The molecule has 1 N–H and O–H groups in total. The predicted octanol–water partition coefficient (Wildman–Crippen LogP) is 2.48. The summed E-state index contributed by atoms with van der Waals surface area (Å²) in [4.78, 5) is 10.1. The van der Waals surface area contributed by atoms with Crippen molar-refractivity contribution >= 4 is 5.69 Å². The van der Waals surface area contributed by atoms with E-state index in [-0.39, 0.29) is 10.6 Å². The Morgan fingerprint density at radius 2 is 2.27 bits per heavy atom. The molecule has 4 nitrogen and oxygen atoms in total. The second-order valence-electron chi connectivity index (χ2n) is 3.46. The van der Waals surface area contributed by atoms with Crippen LogP contribution in [-0.2, 0) is 6.54 Å². The van der Waals surface area contributed by atoms with E-state index in [0.29, 0.717) is 6.54 Å². The van der Waals surface area contributed by atoms with Crippen LogP contribution in [0.3, 0.4) is 0 Å². The van der Waals surface area contributed by atoms with E-state index in [1.54, 1.807) is 12.1 Å². The molecule has 0 heterocycles. The normalized spacial score (nSPS) is 10.2.